The monoisotopic (exact) mass is 820 g/mol. The summed E-state index contributed by atoms with van der Waals surface area (Å²) < 4.78 is 64.0. The molecule has 0 aliphatic heterocycles. The molecule has 0 aliphatic rings. The minimum Gasteiger partial charge on any atom is -0.503 e. The number of allylic oxidation sites excluding steroid dienone is 1. The average Bonchev–Trinajstić information content (AvgIpc) is 3.97. The summed E-state index contributed by atoms with van der Waals surface area (Å²) in [5, 5.41) is 5.64. The fraction of sp³-hybridized carbons (Fsp3) is 0.140. The van der Waals surface area contributed by atoms with E-state index in [1.807, 2.05) is 0 Å². The molecule has 2 aromatic heterocycles. The summed E-state index contributed by atoms with van der Waals surface area (Å²) in [5.41, 5.74) is 4.25. The lowest BCUT2D eigenvalue weighted by Crippen LogP contribution is -2.12. The molecule has 0 radical (unpaired) electrons. The van der Waals surface area contributed by atoms with E-state index >= 15 is 0 Å². The van der Waals surface area contributed by atoms with E-state index in [-0.39, 0.29) is 28.3 Å². The minimum absolute atomic E-state index is 0.121. The van der Waals surface area contributed by atoms with Crippen molar-refractivity contribution in [2.24, 2.45) is 0 Å². The molecule has 4 aromatic carbocycles. The molecule has 0 atom stereocenters. The van der Waals surface area contributed by atoms with Gasteiger partial charge in [-0.3, -0.25) is 14.4 Å². The van der Waals surface area contributed by atoms with Crippen LogP contribution in [0.3, 0.4) is 0 Å². The summed E-state index contributed by atoms with van der Waals surface area (Å²) in [6, 6.07) is 26.1. The first-order valence-electron chi connectivity index (χ1n) is 18.0. The number of H-pyrrole nitrogens is 2. The van der Waals surface area contributed by atoms with Crippen LogP contribution in [0.2, 0.25) is 0 Å². The van der Waals surface area contributed by atoms with Gasteiger partial charge in [-0.2, -0.15) is 0 Å². The molecule has 0 bridgehead atoms. The quantitative estimate of drug-likeness (QED) is 0.0303. The number of amides is 2. The number of rotatable bonds is 17. The molecule has 308 valence electrons. The van der Waals surface area contributed by atoms with Crippen LogP contribution in [0, 0.1) is 0 Å². The first kappa shape index (κ1) is 41.9. The standard InChI is InChI=1S/C43H39BF2N4O10/c1-54-36-19-26(20-37(55-2)40(36)58-5)42(52)47-28-11-7-24(8-12-28)30-15-17-32(49-30)34(51)23-35(60-44(45)46)33-18-16-31(50-33)25-9-13-29(14-10-25)48-43(53)27-21-38(56-3)41(59-6)39(22-27)57-4/h7-23,49-50H,1-6H3,(H,47,52)(H,48,53)/b35-23-. The van der Waals surface area contributed by atoms with Crippen LogP contribution >= 0.6 is 0 Å². The molecule has 2 amide bonds. The highest BCUT2D eigenvalue weighted by Gasteiger charge is 2.23. The maximum absolute atomic E-state index is 13.6. The average molecular weight is 821 g/mol. The lowest BCUT2D eigenvalue weighted by atomic mass is 10.1. The summed E-state index contributed by atoms with van der Waals surface area (Å²) >= 11 is 0. The van der Waals surface area contributed by atoms with Gasteiger partial charge in [-0.15, -0.1) is 0 Å². The topological polar surface area (TPSA) is 171 Å². The predicted molar refractivity (Wildman–Crippen MR) is 222 cm³/mol. The Hall–Kier alpha value is -7.69. The van der Waals surface area contributed by atoms with E-state index in [0.717, 1.165) is 6.08 Å². The summed E-state index contributed by atoms with van der Waals surface area (Å²) in [4.78, 5) is 45.5. The molecule has 0 saturated carbocycles. The first-order chi connectivity index (χ1) is 29.0. The van der Waals surface area contributed by atoms with Crippen LogP contribution in [0.25, 0.3) is 28.3 Å². The van der Waals surface area contributed by atoms with Crippen LogP contribution in [-0.4, -0.2) is 77.7 Å². The van der Waals surface area contributed by atoms with Crippen molar-refractivity contribution in [3.05, 3.63) is 126 Å². The lowest BCUT2D eigenvalue weighted by molar-refractivity contribution is 0.101. The minimum atomic E-state index is -3.21. The van der Waals surface area contributed by atoms with Crippen molar-refractivity contribution in [2.75, 3.05) is 53.3 Å². The van der Waals surface area contributed by atoms with E-state index in [1.165, 1.54) is 79.1 Å². The highest BCUT2D eigenvalue weighted by Crippen LogP contribution is 2.39. The Kier molecular flexibility index (Phi) is 13.1. The summed E-state index contributed by atoms with van der Waals surface area (Å²) in [6.07, 6.45) is 0.973. The molecule has 60 heavy (non-hydrogen) atoms. The first-order valence-corrected chi connectivity index (χ1v) is 18.0. The molecule has 0 saturated heterocycles. The molecule has 6 aromatic rings. The number of carbonyl (C=O) groups is 3. The maximum Gasteiger partial charge on any atom is 0.796 e. The Labute approximate surface area is 343 Å². The van der Waals surface area contributed by atoms with E-state index in [2.05, 4.69) is 20.6 Å². The molecule has 4 N–H and O–H groups in total. The van der Waals surface area contributed by atoms with Crippen LogP contribution in [0.5, 0.6) is 34.5 Å². The second kappa shape index (κ2) is 18.7. The zero-order chi connectivity index (χ0) is 42.9. The van der Waals surface area contributed by atoms with Crippen molar-refractivity contribution >= 4 is 42.2 Å². The van der Waals surface area contributed by atoms with Gasteiger partial charge in [-0.05, 0) is 83.9 Å². The van der Waals surface area contributed by atoms with Gasteiger partial charge in [0.05, 0.1) is 54.0 Å². The van der Waals surface area contributed by atoms with E-state index in [4.69, 9.17) is 33.1 Å². The third kappa shape index (κ3) is 9.36. The van der Waals surface area contributed by atoms with Gasteiger partial charge in [0, 0.05) is 40.0 Å². The van der Waals surface area contributed by atoms with Crippen LogP contribution in [0.1, 0.15) is 36.9 Å². The Morgan fingerprint density at radius 2 is 0.917 bits per heavy atom. The van der Waals surface area contributed by atoms with Gasteiger partial charge in [0.1, 0.15) is 5.76 Å². The number of methoxy groups -OCH3 is 6. The highest BCUT2D eigenvalue weighted by atomic mass is 19.2. The van der Waals surface area contributed by atoms with Crippen LogP contribution < -0.4 is 39.1 Å². The number of hydrogen-bond donors (Lipinski definition) is 4. The Morgan fingerprint density at radius 1 is 0.533 bits per heavy atom. The summed E-state index contributed by atoms with van der Waals surface area (Å²) in [6.45, 7) is 0. The van der Waals surface area contributed by atoms with E-state index in [1.54, 1.807) is 60.7 Å². The molecule has 2 heterocycles. The highest BCUT2D eigenvalue weighted by molar-refractivity contribution is 6.36. The smallest absolute Gasteiger partial charge is 0.503 e. The van der Waals surface area contributed by atoms with Crippen molar-refractivity contribution in [1.82, 2.24) is 9.97 Å². The SMILES string of the molecule is COc1cc(C(=O)Nc2ccc(-c3ccc(C(=O)/C=C(\OB(F)F)c4ccc(-c5ccc(NC(=O)c6cc(OC)c(OC)c(OC)c6)cc5)[nH]4)[nH]3)cc2)cc(OC)c1OC. The number of nitrogens with one attached hydrogen (secondary N) is 4. The fourth-order valence-corrected chi connectivity index (χ4v) is 6.18. The number of anilines is 2. The lowest BCUT2D eigenvalue weighted by Gasteiger charge is -2.14. The largest absolute Gasteiger partial charge is 0.796 e. The molecule has 0 aliphatic carbocycles. The molecule has 0 unspecified atom stereocenters. The second-order valence-corrected chi connectivity index (χ2v) is 12.7. The van der Waals surface area contributed by atoms with Crippen molar-refractivity contribution in [2.45, 2.75) is 0 Å². The zero-order valence-corrected chi connectivity index (χ0v) is 33.2. The number of carbonyl (C=O) groups excluding carboxylic acids is 3. The van der Waals surface area contributed by atoms with Crippen molar-refractivity contribution in [3.8, 4) is 57.0 Å². The molecule has 17 heteroatoms. The van der Waals surface area contributed by atoms with Gasteiger partial charge in [-0.1, -0.05) is 24.3 Å². The maximum atomic E-state index is 13.6. The number of halogens is 2. The molecule has 14 nitrogen and oxygen atoms in total. The predicted octanol–water partition coefficient (Wildman–Crippen LogP) is 8.40. The summed E-state index contributed by atoms with van der Waals surface area (Å²) in [5.74, 6) is 0.196. The van der Waals surface area contributed by atoms with Crippen molar-refractivity contribution in [3.63, 3.8) is 0 Å². The normalized spacial score (nSPS) is 11.0. The Balaban J connectivity index is 1.12. The molecule has 6 rings (SSSR count). The molecule has 0 fully saturated rings. The molecule has 0 spiro atoms. The molecular formula is C43H39BF2N4O10. The number of aromatic amines is 2. The van der Waals surface area contributed by atoms with E-state index in [0.29, 0.717) is 68.4 Å². The van der Waals surface area contributed by atoms with Gasteiger partial charge in [0.2, 0.25) is 17.3 Å². The van der Waals surface area contributed by atoms with Crippen LogP contribution in [0.4, 0.5) is 20.0 Å². The number of aromatic nitrogens is 2. The number of ketones is 1. The third-order valence-corrected chi connectivity index (χ3v) is 9.14. The number of hydrogen-bond acceptors (Lipinski definition) is 10. The van der Waals surface area contributed by atoms with E-state index < -0.39 is 25.1 Å². The van der Waals surface area contributed by atoms with Crippen molar-refractivity contribution < 1.29 is 56.1 Å². The van der Waals surface area contributed by atoms with Gasteiger partial charge in [0.25, 0.3) is 11.8 Å². The second-order valence-electron chi connectivity index (χ2n) is 12.7. The fourth-order valence-electron chi connectivity index (χ4n) is 6.18. The molecular weight excluding hydrogens is 781 g/mol. The zero-order valence-electron chi connectivity index (χ0n) is 33.2. The summed E-state index contributed by atoms with van der Waals surface area (Å²) in [7, 11) is 5.54. The Bertz CT molecular complexity index is 2490. The van der Waals surface area contributed by atoms with E-state index in [9.17, 15) is 23.0 Å². The Morgan fingerprint density at radius 3 is 1.28 bits per heavy atom. The van der Waals surface area contributed by atoms with Gasteiger partial charge < -0.3 is 53.7 Å². The number of benzene rings is 4. The third-order valence-electron chi connectivity index (χ3n) is 9.14. The van der Waals surface area contributed by atoms with Gasteiger partial charge in [0.15, 0.2) is 23.0 Å². The van der Waals surface area contributed by atoms with Gasteiger partial charge >= 0.3 is 7.47 Å². The van der Waals surface area contributed by atoms with Crippen LogP contribution in [-0.2, 0) is 4.65 Å². The van der Waals surface area contributed by atoms with Crippen molar-refractivity contribution in [1.29, 1.82) is 0 Å². The van der Waals surface area contributed by atoms with Gasteiger partial charge in [-0.25, -0.2) is 8.63 Å². The number of ether oxygens (including phenoxy) is 6. The van der Waals surface area contributed by atoms with Crippen LogP contribution in [0.15, 0.2) is 103 Å².